The lowest BCUT2D eigenvalue weighted by atomic mass is 9.98. The molecule has 2 N–H and O–H groups in total. The summed E-state index contributed by atoms with van der Waals surface area (Å²) in [6.07, 6.45) is 11.9. The highest BCUT2D eigenvalue weighted by molar-refractivity contribution is 5.79. The fraction of sp³-hybridized carbons (Fsp3) is 0.800. The Balaban J connectivity index is 1.71. The van der Waals surface area contributed by atoms with Crippen molar-refractivity contribution in [3.05, 3.63) is 18.2 Å². The van der Waals surface area contributed by atoms with Crippen LogP contribution in [0.4, 0.5) is 0 Å². The monoisotopic (exact) mass is 363 g/mol. The van der Waals surface area contributed by atoms with Gasteiger partial charge in [-0.2, -0.15) is 0 Å². The first-order valence-electron chi connectivity index (χ1n) is 10.3. The van der Waals surface area contributed by atoms with E-state index in [1.807, 2.05) is 12.4 Å². The minimum atomic E-state index is 0.491. The third-order valence-corrected chi connectivity index (χ3v) is 4.61. The minimum Gasteiger partial charge on any atom is -0.378 e. The van der Waals surface area contributed by atoms with Crippen molar-refractivity contribution in [3.63, 3.8) is 0 Å². The summed E-state index contributed by atoms with van der Waals surface area (Å²) in [6, 6.07) is 0. The number of hydrogen-bond acceptors (Lipinski definition) is 3. The molecule has 1 aliphatic rings. The fourth-order valence-electron chi connectivity index (χ4n) is 3.30. The average Bonchev–Trinajstić information content (AvgIpc) is 3.06. The molecule has 0 unspecified atom stereocenters. The predicted octanol–water partition coefficient (Wildman–Crippen LogP) is 3.33. The van der Waals surface area contributed by atoms with Crippen molar-refractivity contribution in [1.82, 2.24) is 20.2 Å². The van der Waals surface area contributed by atoms with Gasteiger partial charge in [-0.15, -0.1) is 0 Å². The van der Waals surface area contributed by atoms with E-state index in [0.29, 0.717) is 18.6 Å². The minimum absolute atomic E-state index is 0.491. The van der Waals surface area contributed by atoms with Gasteiger partial charge in [0.15, 0.2) is 5.96 Å². The Kier molecular flexibility index (Phi) is 9.53. The lowest BCUT2D eigenvalue weighted by Crippen LogP contribution is -2.38. The second-order valence-electron chi connectivity index (χ2n) is 7.50. The number of nitrogens with zero attached hydrogens (tertiary/aromatic N) is 3. The Morgan fingerprint density at radius 2 is 2.12 bits per heavy atom. The summed E-state index contributed by atoms with van der Waals surface area (Å²) in [7, 11) is 0. The van der Waals surface area contributed by atoms with Gasteiger partial charge in [0.25, 0.3) is 0 Å². The van der Waals surface area contributed by atoms with Crippen LogP contribution in [0.25, 0.3) is 0 Å². The molecular formula is C20H37N5O. The highest BCUT2D eigenvalue weighted by Gasteiger charge is 2.13. The molecule has 148 valence electrons. The van der Waals surface area contributed by atoms with Gasteiger partial charge < -0.3 is 19.9 Å². The molecule has 0 radical (unpaired) electrons. The molecule has 1 aliphatic carbocycles. The number of ether oxygens (including phenoxy) is 1. The van der Waals surface area contributed by atoms with Gasteiger partial charge in [-0.1, -0.05) is 33.1 Å². The second kappa shape index (κ2) is 11.9. The Labute approximate surface area is 158 Å². The van der Waals surface area contributed by atoms with Crippen molar-refractivity contribution < 1.29 is 4.74 Å². The van der Waals surface area contributed by atoms with Gasteiger partial charge >= 0.3 is 0 Å². The van der Waals surface area contributed by atoms with E-state index in [-0.39, 0.29) is 0 Å². The number of guanidine groups is 1. The van der Waals surface area contributed by atoms with E-state index in [9.17, 15) is 0 Å². The molecule has 0 amide bonds. The van der Waals surface area contributed by atoms with E-state index in [1.165, 1.54) is 32.1 Å². The van der Waals surface area contributed by atoms with Crippen LogP contribution in [0.3, 0.4) is 0 Å². The maximum absolute atomic E-state index is 5.98. The van der Waals surface area contributed by atoms with Gasteiger partial charge in [0, 0.05) is 38.6 Å². The van der Waals surface area contributed by atoms with Crippen LogP contribution in [0, 0.1) is 5.92 Å². The first-order valence-corrected chi connectivity index (χ1v) is 10.3. The summed E-state index contributed by atoms with van der Waals surface area (Å²) < 4.78 is 8.17. The molecule has 0 saturated heterocycles. The molecule has 0 aliphatic heterocycles. The van der Waals surface area contributed by atoms with E-state index < -0.39 is 0 Å². The summed E-state index contributed by atoms with van der Waals surface area (Å²) in [4.78, 5) is 9.12. The summed E-state index contributed by atoms with van der Waals surface area (Å²) in [5, 5.41) is 6.71. The molecular weight excluding hydrogens is 326 g/mol. The quantitative estimate of drug-likeness (QED) is 0.380. The molecule has 1 fully saturated rings. The fourth-order valence-corrected chi connectivity index (χ4v) is 3.30. The lowest BCUT2D eigenvalue weighted by molar-refractivity contribution is 0.0277. The number of hydrogen-bond donors (Lipinski definition) is 2. The number of imidazole rings is 1. The Hall–Kier alpha value is -1.56. The van der Waals surface area contributed by atoms with Gasteiger partial charge in [0.05, 0.1) is 6.10 Å². The maximum atomic E-state index is 5.98. The zero-order valence-electron chi connectivity index (χ0n) is 16.8. The van der Waals surface area contributed by atoms with Crippen LogP contribution in [-0.2, 0) is 17.8 Å². The number of aromatic nitrogens is 2. The Bertz CT molecular complexity index is 520. The van der Waals surface area contributed by atoms with Crippen molar-refractivity contribution in [2.24, 2.45) is 10.9 Å². The van der Waals surface area contributed by atoms with E-state index >= 15 is 0 Å². The van der Waals surface area contributed by atoms with Gasteiger partial charge in [0.2, 0.25) is 0 Å². The number of nitrogens with one attached hydrogen (secondary N) is 2. The smallest absolute Gasteiger partial charge is 0.191 e. The molecule has 0 aromatic carbocycles. The molecule has 1 saturated carbocycles. The van der Waals surface area contributed by atoms with Crippen LogP contribution < -0.4 is 10.6 Å². The average molecular weight is 364 g/mol. The van der Waals surface area contributed by atoms with Crippen molar-refractivity contribution in [1.29, 1.82) is 0 Å². The molecule has 0 atom stereocenters. The van der Waals surface area contributed by atoms with Crippen molar-refractivity contribution in [3.8, 4) is 0 Å². The molecule has 0 spiro atoms. The summed E-state index contributed by atoms with van der Waals surface area (Å²) >= 11 is 0. The molecule has 26 heavy (non-hydrogen) atoms. The molecule has 2 rings (SSSR count). The van der Waals surface area contributed by atoms with Crippen LogP contribution in [-0.4, -0.2) is 41.3 Å². The number of aliphatic imine (C=N–C) groups is 1. The van der Waals surface area contributed by atoms with Crippen molar-refractivity contribution >= 4 is 5.96 Å². The van der Waals surface area contributed by atoms with Gasteiger partial charge in [-0.05, 0) is 32.1 Å². The normalized spacial score (nSPS) is 16.2. The zero-order valence-corrected chi connectivity index (χ0v) is 16.8. The first-order chi connectivity index (χ1) is 12.7. The highest BCUT2D eigenvalue weighted by Crippen LogP contribution is 2.20. The molecule has 0 bridgehead atoms. The third kappa shape index (κ3) is 7.77. The van der Waals surface area contributed by atoms with E-state index in [0.717, 1.165) is 44.4 Å². The standard InChI is InChI=1S/C20H37N5O/c1-4-21-20(23-11-8-14-26-18-9-6-5-7-10-18)24-15-19-22-12-13-25(19)16-17(2)3/h12-13,17-18H,4-11,14-16H2,1-3H3,(H2,21,23,24). The third-order valence-electron chi connectivity index (χ3n) is 4.61. The van der Waals surface area contributed by atoms with Crippen molar-refractivity contribution in [2.75, 3.05) is 19.7 Å². The van der Waals surface area contributed by atoms with Crippen LogP contribution in [0.5, 0.6) is 0 Å². The topological polar surface area (TPSA) is 63.5 Å². The Morgan fingerprint density at radius 1 is 1.31 bits per heavy atom. The van der Waals surface area contributed by atoms with Crippen LogP contribution in [0.15, 0.2) is 17.4 Å². The van der Waals surface area contributed by atoms with Crippen molar-refractivity contribution in [2.45, 2.75) is 78.5 Å². The lowest BCUT2D eigenvalue weighted by Gasteiger charge is -2.22. The predicted molar refractivity (Wildman–Crippen MR) is 107 cm³/mol. The van der Waals surface area contributed by atoms with Crippen LogP contribution in [0.2, 0.25) is 0 Å². The summed E-state index contributed by atoms with van der Waals surface area (Å²) in [6.45, 7) is 10.6. The second-order valence-corrected chi connectivity index (χ2v) is 7.50. The van der Waals surface area contributed by atoms with Gasteiger partial charge in [-0.3, -0.25) is 0 Å². The Morgan fingerprint density at radius 3 is 2.85 bits per heavy atom. The van der Waals surface area contributed by atoms with Crippen LogP contribution in [0.1, 0.15) is 65.1 Å². The van der Waals surface area contributed by atoms with E-state index in [2.05, 4.69) is 45.9 Å². The van der Waals surface area contributed by atoms with Crippen LogP contribution >= 0.6 is 0 Å². The van der Waals surface area contributed by atoms with E-state index in [1.54, 1.807) is 0 Å². The molecule has 6 nitrogen and oxygen atoms in total. The van der Waals surface area contributed by atoms with Gasteiger partial charge in [0.1, 0.15) is 12.4 Å². The molecule has 1 aromatic heterocycles. The molecule has 1 heterocycles. The first kappa shape index (κ1) is 20.7. The van der Waals surface area contributed by atoms with E-state index in [4.69, 9.17) is 4.74 Å². The maximum Gasteiger partial charge on any atom is 0.191 e. The molecule has 6 heteroatoms. The molecule has 1 aromatic rings. The SMILES string of the molecule is CCNC(=NCc1nccn1CC(C)C)NCCCOC1CCCCC1. The summed E-state index contributed by atoms with van der Waals surface area (Å²) in [5.41, 5.74) is 0. The summed E-state index contributed by atoms with van der Waals surface area (Å²) in [5.74, 6) is 2.46. The largest absolute Gasteiger partial charge is 0.378 e. The van der Waals surface area contributed by atoms with Gasteiger partial charge in [-0.25, -0.2) is 9.98 Å². The highest BCUT2D eigenvalue weighted by atomic mass is 16.5. The zero-order chi connectivity index (χ0) is 18.6. The number of rotatable bonds is 10.